The van der Waals surface area contributed by atoms with E-state index in [1.807, 2.05) is 18.2 Å². The summed E-state index contributed by atoms with van der Waals surface area (Å²) in [5.41, 5.74) is 30.2. The summed E-state index contributed by atoms with van der Waals surface area (Å²) in [5, 5.41) is 25.4. The van der Waals surface area contributed by atoms with Crippen molar-refractivity contribution in [3.63, 3.8) is 0 Å². The molecule has 0 atom stereocenters. The lowest BCUT2D eigenvalue weighted by molar-refractivity contribution is 0.122. The number of nitrogens with zero attached hydrogens (tertiary/aromatic N) is 11. The number of aromatic nitrogens is 9. The maximum absolute atomic E-state index is 8.95. The largest absolute Gasteiger partial charge is 0.488 e. The van der Waals surface area contributed by atoms with Crippen molar-refractivity contribution in [2.24, 2.45) is 22.9 Å². The number of halogens is 3. The number of pyridine rings is 3. The highest BCUT2D eigenvalue weighted by Crippen LogP contribution is 2.28. The second-order valence-electron chi connectivity index (χ2n) is 16.4. The highest BCUT2D eigenvalue weighted by atomic mass is 35.5. The molecule has 6 aromatic heterocycles. The van der Waals surface area contributed by atoms with E-state index in [1.165, 1.54) is 5.69 Å². The molecule has 12 N–H and O–H groups in total. The lowest BCUT2D eigenvalue weighted by Crippen LogP contribution is -2.36. The van der Waals surface area contributed by atoms with E-state index in [0.717, 1.165) is 143 Å². The number of benzene rings is 2. The SMILES string of the molecule is Clc1cc2nccnc2c(Cl)n1.NCCCN.NCCCNc1nc(-c2ccc(N3CCOCC3)cc2)cc2nccnc12.NCCCNc1nc(Cl)cc2nccnc12.OB(O)c1ccc(N2CCOCC2)cc1. The van der Waals surface area contributed by atoms with Gasteiger partial charge < -0.3 is 62.9 Å². The van der Waals surface area contributed by atoms with Gasteiger partial charge in [0.05, 0.1) is 48.7 Å². The number of anilines is 4. The molecule has 2 saturated heterocycles. The van der Waals surface area contributed by atoms with Gasteiger partial charge in [0.25, 0.3) is 0 Å². The molecule has 2 aliphatic rings. The van der Waals surface area contributed by atoms with Crippen molar-refractivity contribution >= 4 is 103 Å². The minimum absolute atomic E-state index is 0.283. The molecular formula is C50H63BCl3N17O4. The summed E-state index contributed by atoms with van der Waals surface area (Å²) in [6.45, 7) is 10.9. The fourth-order valence-electron chi connectivity index (χ4n) is 7.29. The van der Waals surface area contributed by atoms with Gasteiger partial charge in [-0.3, -0.25) is 15.0 Å². The fourth-order valence-corrected chi connectivity index (χ4v) is 7.95. The van der Waals surface area contributed by atoms with Crippen LogP contribution in [0.4, 0.5) is 23.0 Å². The van der Waals surface area contributed by atoms with Crippen molar-refractivity contribution in [3.8, 4) is 11.3 Å². The van der Waals surface area contributed by atoms with Crippen LogP contribution in [0.2, 0.25) is 15.5 Å². The first-order valence-corrected chi connectivity index (χ1v) is 25.6. The van der Waals surface area contributed by atoms with E-state index in [1.54, 1.807) is 61.4 Å². The van der Waals surface area contributed by atoms with Crippen LogP contribution in [0.3, 0.4) is 0 Å². The van der Waals surface area contributed by atoms with Crippen molar-refractivity contribution < 1.29 is 19.5 Å². The van der Waals surface area contributed by atoms with Crippen LogP contribution < -0.4 is 48.8 Å². The van der Waals surface area contributed by atoms with E-state index in [4.69, 9.17) is 82.2 Å². The van der Waals surface area contributed by atoms with Crippen LogP contribution in [0.5, 0.6) is 0 Å². The number of nitrogens with two attached hydrogens (primary N) is 4. The summed E-state index contributed by atoms with van der Waals surface area (Å²) in [6.07, 6.45) is 12.5. The van der Waals surface area contributed by atoms with E-state index in [-0.39, 0.29) is 5.15 Å². The smallest absolute Gasteiger partial charge is 0.423 e. The first kappa shape index (κ1) is 58.0. The van der Waals surface area contributed by atoms with Crippen molar-refractivity contribution in [1.82, 2.24) is 44.9 Å². The third kappa shape index (κ3) is 18.2. The highest BCUT2D eigenvalue weighted by Gasteiger charge is 2.16. The molecule has 0 unspecified atom stereocenters. The standard InChI is InChI=1S/C20H24N6O.C10H14BNO3.C10H12ClN5.C7H3Cl2N3.C3H10N2/c21-6-1-7-24-20-19-18(22-8-9-23-19)14-17(25-20)15-2-4-16(5-3-15)26-10-12-27-13-11-26;13-11(14)9-1-3-10(4-2-9)12-5-7-15-8-6-12;11-8-6-7-9(14-5-4-13-7)10(16-8)15-3-1-2-12;8-5-3-4-6(7(9)12-5)11-2-1-10-4;4-2-1-3-5/h2-5,8-9,14H,1,6-7,10-13,21H2,(H,24,25);1-4,13-14H,5-8H2;4-6H,1-3,12H2,(H,15,16);1-3H;1-5H2. The van der Waals surface area contributed by atoms with Crippen molar-refractivity contribution in [3.05, 3.63) is 119 Å². The Bertz CT molecular complexity index is 2940. The molecule has 0 radical (unpaired) electrons. The highest BCUT2D eigenvalue weighted by molar-refractivity contribution is 6.58. The van der Waals surface area contributed by atoms with E-state index in [0.29, 0.717) is 45.7 Å². The summed E-state index contributed by atoms with van der Waals surface area (Å²) >= 11 is 17.3. The Morgan fingerprint density at radius 3 is 1.39 bits per heavy atom. The molecule has 2 fully saturated rings. The molecule has 10 rings (SSSR count). The normalized spacial score (nSPS) is 13.0. The molecule has 2 aromatic carbocycles. The van der Waals surface area contributed by atoms with Crippen LogP contribution >= 0.6 is 34.8 Å². The maximum Gasteiger partial charge on any atom is 0.488 e. The second-order valence-corrected chi connectivity index (χ2v) is 17.6. The summed E-state index contributed by atoms with van der Waals surface area (Å²) in [7, 11) is -1.39. The molecule has 8 heterocycles. The molecule has 2 aliphatic heterocycles. The first-order chi connectivity index (χ1) is 36.6. The Morgan fingerprint density at radius 1 is 0.507 bits per heavy atom. The Labute approximate surface area is 450 Å². The van der Waals surface area contributed by atoms with E-state index < -0.39 is 7.12 Å². The van der Waals surface area contributed by atoms with E-state index >= 15 is 0 Å². The van der Waals surface area contributed by atoms with Crippen molar-refractivity contribution in [2.75, 3.05) is 112 Å². The zero-order chi connectivity index (χ0) is 53.2. The van der Waals surface area contributed by atoms with Crippen molar-refractivity contribution in [2.45, 2.75) is 19.3 Å². The first-order valence-electron chi connectivity index (χ1n) is 24.4. The fraction of sp³-hybridized carbons (Fsp3) is 0.340. The Balaban J connectivity index is 0.000000165. The molecule has 0 amide bonds. The van der Waals surface area contributed by atoms with Crippen molar-refractivity contribution in [1.29, 1.82) is 0 Å². The molecule has 0 saturated carbocycles. The summed E-state index contributed by atoms with van der Waals surface area (Å²) in [5.74, 6) is 1.41. The van der Waals surface area contributed by atoms with Crippen LogP contribution in [0.25, 0.3) is 44.4 Å². The minimum atomic E-state index is -1.39. The quantitative estimate of drug-likeness (QED) is 0.0420. The van der Waals surface area contributed by atoms with Gasteiger partial charge in [0.15, 0.2) is 16.8 Å². The zero-order valence-electron chi connectivity index (χ0n) is 41.5. The number of hydrogen-bond donors (Lipinski definition) is 8. The van der Waals surface area contributed by atoms with Gasteiger partial charge >= 0.3 is 7.12 Å². The summed E-state index contributed by atoms with van der Waals surface area (Å²) in [4.78, 5) is 42.7. The Kier molecular flexibility index (Phi) is 24.4. The average molecular weight is 1080 g/mol. The van der Waals surface area contributed by atoms with Gasteiger partial charge in [0, 0.05) is 106 Å². The summed E-state index contributed by atoms with van der Waals surface area (Å²) in [6, 6.07) is 21.1. The molecule has 396 valence electrons. The molecule has 75 heavy (non-hydrogen) atoms. The van der Waals surface area contributed by atoms with E-state index in [2.05, 4.69) is 84.6 Å². The molecule has 8 aromatic rings. The van der Waals surface area contributed by atoms with Crippen LogP contribution in [-0.4, -0.2) is 154 Å². The third-order valence-corrected chi connectivity index (χ3v) is 11.8. The minimum Gasteiger partial charge on any atom is -0.423 e. The monoisotopic (exact) mass is 1080 g/mol. The summed E-state index contributed by atoms with van der Waals surface area (Å²) < 4.78 is 10.7. The topological polar surface area (TPSA) is 310 Å². The van der Waals surface area contributed by atoms with Gasteiger partial charge in [-0.05, 0) is 81.2 Å². The van der Waals surface area contributed by atoms with Gasteiger partial charge in [0.2, 0.25) is 0 Å². The molecule has 25 heteroatoms. The average Bonchev–Trinajstić information content (AvgIpc) is 3.44. The predicted octanol–water partition coefficient (Wildman–Crippen LogP) is 4.56. The van der Waals surface area contributed by atoms with Crippen LogP contribution in [-0.2, 0) is 9.47 Å². The van der Waals surface area contributed by atoms with Gasteiger partial charge in [-0.25, -0.2) is 29.9 Å². The zero-order valence-corrected chi connectivity index (χ0v) is 43.8. The lowest BCUT2D eigenvalue weighted by Gasteiger charge is -2.28. The number of morpholine rings is 2. The van der Waals surface area contributed by atoms with Crippen LogP contribution in [0.15, 0.2) is 104 Å². The van der Waals surface area contributed by atoms with Gasteiger partial charge in [-0.1, -0.05) is 59.1 Å². The van der Waals surface area contributed by atoms with E-state index in [9.17, 15) is 0 Å². The number of ether oxygens (including phenoxy) is 2. The van der Waals surface area contributed by atoms with Gasteiger partial charge in [-0.2, -0.15) is 0 Å². The third-order valence-electron chi connectivity index (χ3n) is 11.1. The molecule has 0 bridgehead atoms. The molecule has 21 nitrogen and oxygen atoms in total. The molecular weight excluding hydrogens is 1020 g/mol. The molecule has 0 aliphatic carbocycles. The van der Waals surface area contributed by atoms with Crippen LogP contribution in [0.1, 0.15) is 19.3 Å². The predicted molar refractivity (Wildman–Crippen MR) is 302 cm³/mol. The number of rotatable bonds is 14. The van der Waals surface area contributed by atoms with Gasteiger partial charge in [-0.15, -0.1) is 0 Å². The maximum atomic E-state index is 8.95. The van der Waals surface area contributed by atoms with Crippen LogP contribution in [0, 0.1) is 0 Å². The number of nitrogens with one attached hydrogen (secondary N) is 2. The number of fused-ring (bicyclic) bond motifs is 3. The lowest BCUT2D eigenvalue weighted by atomic mass is 9.80. The van der Waals surface area contributed by atoms with Gasteiger partial charge in [0.1, 0.15) is 26.9 Å². The molecule has 0 spiro atoms. The number of hydrogen-bond acceptors (Lipinski definition) is 21. The Morgan fingerprint density at radius 2 is 0.920 bits per heavy atom. The Hall–Kier alpha value is -6.28. The second kappa shape index (κ2) is 31.6.